The van der Waals surface area contributed by atoms with E-state index in [9.17, 15) is 0 Å². The molecule has 0 N–H and O–H groups in total. The molecule has 1 aliphatic heterocycles. The second kappa shape index (κ2) is 2.36. The third kappa shape index (κ3) is 1.13. The first-order valence-electron chi connectivity index (χ1n) is 2.86. The van der Waals surface area contributed by atoms with Gasteiger partial charge < -0.3 is 4.74 Å². The molecule has 1 nitrogen and oxygen atoms in total. The summed E-state index contributed by atoms with van der Waals surface area (Å²) >= 11 is 0. The van der Waals surface area contributed by atoms with Crippen LogP contribution in [-0.2, 0) is 4.74 Å². The standard InChI is InChI=1S/C6H9BO/c1-2-5-3-4-6(7)8-5/h2,5-6H,1,3-4H2/t5?,6-/m1/s1. The Morgan fingerprint density at radius 1 is 1.62 bits per heavy atom. The van der Waals surface area contributed by atoms with Crippen LogP contribution < -0.4 is 0 Å². The van der Waals surface area contributed by atoms with Crippen LogP contribution in [0.2, 0.25) is 0 Å². The van der Waals surface area contributed by atoms with Crippen molar-refractivity contribution >= 4 is 7.85 Å². The molecule has 0 aromatic heterocycles. The van der Waals surface area contributed by atoms with Gasteiger partial charge >= 0.3 is 0 Å². The van der Waals surface area contributed by atoms with E-state index in [1.54, 1.807) is 6.08 Å². The highest BCUT2D eigenvalue weighted by molar-refractivity contribution is 6.11. The summed E-state index contributed by atoms with van der Waals surface area (Å²) in [6.45, 7) is 3.60. The highest BCUT2D eigenvalue weighted by Gasteiger charge is 2.17. The molecule has 0 amide bonds. The highest BCUT2D eigenvalue weighted by atomic mass is 16.5. The van der Waals surface area contributed by atoms with Gasteiger partial charge in [-0.15, -0.1) is 6.58 Å². The van der Waals surface area contributed by atoms with Crippen molar-refractivity contribution in [1.82, 2.24) is 0 Å². The van der Waals surface area contributed by atoms with E-state index in [0.29, 0.717) is 0 Å². The summed E-state index contributed by atoms with van der Waals surface area (Å²) in [6, 6.07) is -0.0435. The van der Waals surface area contributed by atoms with Crippen LogP contribution in [0, 0.1) is 0 Å². The minimum atomic E-state index is -0.0435. The Balaban J connectivity index is 2.32. The van der Waals surface area contributed by atoms with Crippen LogP contribution in [0.1, 0.15) is 12.8 Å². The summed E-state index contributed by atoms with van der Waals surface area (Å²) in [7, 11) is 5.43. The van der Waals surface area contributed by atoms with Crippen LogP contribution in [-0.4, -0.2) is 20.0 Å². The van der Waals surface area contributed by atoms with Gasteiger partial charge in [-0.25, -0.2) is 0 Å². The molecule has 1 rings (SSSR count). The lowest BCUT2D eigenvalue weighted by Crippen LogP contribution is -2.07. The largest absolute Gasteiger partial charge is 0.381 e. The Morgan fingerprint density at radius 3 is 2.62 bits per heavy atom. The molecule has 1 heterocycles. The van der Waals surface area contributed by atoms with Crippen LogP contribution in [0.25, 0.3) is 0 Å². The number of ether oxygens (including phenoxy) is 1. The Bertz CT molecular complexity index is 92.5. The Morgan fingerprint density at radius 2 is 2.38 bits per heavy atom. The topological polar surface area (TPSA) is 9.23 Å². The molecule has 2 heteroatoms. The van der Waals surface area contributed by atoms with E-state index < -0.39 is 0 Å². The summed E-state index contributed by atoms with van der Waals surface area (Å²) in [5.74, 6) is 0. The van der Waals surface area contributed by atoms with Gasteiger partial charge in [0.05, 0.1) is 6.10 Å². The van der Waals surface area contributed by atoms with Crippen LogP contribution in [0.15, 0.2) is 12.7 Å². The summed E-state index contributed by atoms with van der Waals surface area (Å²) < 4.78 is 5.17. The summed E-state index contributed by atoms with van der Waals surface area (Å²) in [4.78, 5) is 0. The van der Waals surface area contributed by atoms with Gasteiger partial charge in [0, 0.05) is 6.00 Å². The van der Waals surface area contributed by atoms with Gasteiger partial charge in [-0.05, 0) is 12.8 Å². The average Bonchev–Trinajstić information content (AvgIpc) is 2.14. The van der Waals surface area contributed by atoms with Crippen molar-refractivity contribution in [2.75, 3.05) is 0 Å². The fourth-order valence-corrected chi connectivity index (χ4v) is 0.863. The molecule has 1 saturated heterocycles. The number of hydrogen-bond acceptors (Lipinski definition) is 1. The SMILES string of the molecule is [B][C@H]1CCC(C=C)O1. The van der Waals surface area contributed by atoms with Gasteiger partial charge in [-0.1, -0.05) is 6.08 Å². The van der Waals surface area contributed by atoms with Gasteiger partial charge in [-0.2, -0.15) is 0 Å². The molecule has 1 aliphatic rings. The Hall–Kier alpha value is -0.235. The number of hydrogen-bond donors (Lipinski definition) is 0. The zero-order valence-electron chi connectivity index (χ0n) is 4.84. The van der Waals surface area contributed by atoms with E-state index >= 15 is 0 Å². The van der Waals surface area contributed by atoms with Crippen molar-refractivity contribution in [2.45, 2.75) is 24.9 Å². The van der Waals surface area contributed by atoms with Crippen molar-refractivity contribution in [1.29, 1.82) is 0 Å². The molecule has 1 unspecified atom stereocenters. The Labute approximate surface area is 51.1 Å². The van der Waals surface area contributed by atoms with Gasteiger partial charge in [0.25, 0.3) is 0 Å². The van der Waals surface area contributed by atoms with E-state index in [2.05, 4.69) is 6.58 Å². The maximum Gasteiger partial charge on any atom is 0.109 e. The summed E-state index contributed by atoms with van der Waals surface area (Å²) in [5, 5.41) is 0. The van der Waals surface area contributed by atoms with E-state index in [4.69, 9.17) is 12.6 Å². The van der Waals surface area contributed by atoms with Gasteiger partial charge in [0.1, 0.15) is 7.85 Å². The quantitative estimate of drug-likeness (QED) is 0.357. The highest BCUT2D eigenvalue weighted by Crippen LogP contribution is 2.16. The third-order valence-corrected chi connectivity index (χ3v) is 1.35. The smallest absolute Gasteiger partial charge is 0.109 e. The normalized spacial score (nSPS) is 37.5. The van der Waals surface area contributed by atoms with Crippen LogP contribution >= 0.6 is 0 Å². The first-order valence-corrected chi connectivity index (χ1v) is 2.86. The molecular weight excluding hydrogens is 98.9 g/mol. The Kier molecular flexibility index (Phi) is 1.74. The lowest BCUT2D eigenvalue weighted by atomic mass is 9.97. The van der Waals surface area contributed by atoms with E-state index in [1.165, 1.54) is 0 Å². The molecule has 0 aromatic carbocycles. The van der Waals surface area contributed by atoms with Crippen molar-refractivity contribution < 1.29 is 4.74 Å². The van der Waals surface area contributed by atoms with E-state index in [-0.39, 0.29) is 12.1 Å². The molecule has 0 bridgehead atoms. The second-order valence-corrected chi connectivity index (χ2v) is 2.03. The molecule has 1 fully saturated rings. The van der Waals surface area contributed by atoms with Crippen molar-refractivity contribution in [3.63, 3.8) is 0 Å². The molecule has 2 atom stereocenters. The zero-order chi connectivity index (χ0) is 5.98. The molecule has 8 heavy (non-hydrogen) atoms. The molecule has 0 aliphatic carbocycles. The van der Waals surface area contributed by atoms with Crippen LogP contribution in [0.4, 0.5) is 0 Å². The average molecular weight is 108 g/mol. The van der Waals surface area contributed by atoms with Crippen LogP contribution in [0.3, 0.4) is 0 Å². The molecule has 0 saturated carbocycles. The van der Waals surface area contributed by atoms with Crippen molar-refractivity contribution in [3.05, 3.63) is 12.7 Å². The molecule has 0 aromatic rings. The van der Waals surface area contributed by atoms with Crippen LogP contribution in [0.5, 0.6) is 0 Å². The molecule has 42 valence electrons. The van der Waals surface area contributed by atoms with E-state index in [1.807, 2.05) is 0 Å². The lowest BCUT2D eigenvalue weighted by molar-refractivity contribution is 0.120. The maximum atomic E-state index is 5.43. The van der Waals surface area contributed by atoms with Gasteiger partial charge in [0.2, 0.25) is 0 Å². The third-order valence-electron chi connectivity index (χ3n) is 1.35. The monoisotopic (exact) mass is 108 g/mol. The maximum absolute atomic E-state index is 5.43. The van der Waals surface area contributed by atoms with E-state index in [0.717, 1.165) is 12.8 Å². The number of rotatable bonds is 1. The first-order chi connectivity index (χ1) is 3.83. The minimum absolute atomic E-state index is 0.0435. The molecule has 0 spiro atoms. The molecular formula is C6H9BO. The van der Waals surface area contributed by atoms with Gasteiger partial charge in [0.15, 0.2) is 0 Å². The fourth-order valence-electron chi connectivity index (χ4n) is 0.863. The van der Waals surface area contributed by atoms with Crippen molar-refractivity contribution in [3.8, 4) is 0 Å². The zero-order valence-corrected chi connectivity index (χ0v) is 4.84. The molecule has 2 radical (unpaired) electrons. The van der Waals surface area contributed by atoms with Gasteiger partial charge in [-0.3, -0.25) is 0 Å². The minimum Gasteiger partial charge on any atom is -0.381 e. The predicted octanol–water partition coefficient (Wildman–Crippen LogP) is 0.846. The fraction of sp³-hybridized carbons (Fsp3) is 0.667. The summed E-state index contributed by atoms with van der Waals surface area (Å²) in [5.41, 5.74) is 0. The van der Waals surface area contributed by atoms with Crippen molar-refractivity contribution in [2.24, 2.45) is 0 Å². The predicted molar refractivity (Wildman–Crippen MR) is 33.8 cm³/mol. The second-order valence-electron chi connectivity index (χ2n) is 2.03. The first kappa shape index (κ1) is 5.89. The lowest BCUT2D eigenvalue weighted by Gasteiger charge is -2.03. The summed E-state index contributed by atoms with van der Waals surface area (Å²) in [6.07, 6.45) is 4.01.